The highest BCUT2D eigenvalue weighted by Gasteiger charge is 2.26. The van der Waals surface area contributed by atoms with Crippen LogP contribution in [0.25, 0.3) is 27.3 Å². The van der Waals surface area contributed by atoms with E-state index in [9.17, 15) is 9.18 Å². The standard InChI is InChI=1S/C29H30FN7O2S/c1-7-21-26(35(6)27-33-24(25(31-5)40-27)19-8-10-20(30)11-9-19)37-23(32-21)13-12-22(34-37)18-14-16-36(17-15-18)28(38)39-29(2,3)4/h8-14H,7,15-17H2,1-4,6H3. The molecule has 1 aliphatic rings. The first-order valence-electron chi connectivity index (χ1n) is 13.0. The van der Waals surface area contributed by atoms with Gasteiger partial charge in [-0.25, -0.2) is 24.0 Å². The number of imidazole rings is 1. The summed E-state index contributed by atoms with van der Waals surface area (Å²) in [5.41, 5.74) is 4.07. The summed E-state index contributed by atoms with van der Waals surface area (Å²) in [4.78, 5) is 29.3. The summed E-state index contributed by atoms with van der Waals surface area (Å²) in [6, 6.07) is 9.88. The highest BCUT2D eigenvalue weighted by molar-refractivity contribution is 7.20. The van der Waals surface area contributed by atoms with E-state index in [2.05, 4.69) is 4.85 Å². The van der Waals surface area contributed by atoms with Crippen molar-refractivity contribution in [2.75, 3.05) is 25.0 Å². The average molecular weight is 560 g/mol. The van der Waals surface area contributed by atoms with Crippen molar-refractivity contribution in [1.82, 2.24) is 24.5 Å². The summed E-state index contributed by atoms with van der Waals surface area (Å²) in [6.07, 6.45) is 3.03. The lowest BCUT2D eigenvalue weighted by Crippen LogP contribution is -2.39. The molecule has 4 heterocycles. The molecule has 11 heteroatoms. The molecule has 0 unspecified atom stereocenters. The number of halogens is 1. The number of aryl methyl sites for hydroxylation is 1. The third-order valence-corrected chi connectivity index (χ3v) is 7.50. The van der Waals surface area contributed by atoms with E-state index >= 15 is 0 Å². The van der Waals surface area contributed by atoms with Gasteiger partial charge in [-0.2, -0.15) is 9.61 Å². The van der Waals surface area contributed by atoms with Crippen LogP contribution < -0.4 is 4.90 Å². The van der Waals surface area contributed by atoms with Gasteiger partial charge in [-0.3, -0.25) is 0 Å². The van der Waals surface area contributed by atoms with E-state index < -0.39 is 5.60 Å². The lowest BCUT2D eigenvalue weighted by molar-refractivity contribution is 0.0270. The maximum absolute atomic E-state index is 13.5. The number of aromatic nitrogens is 4. The Hall–Kier alpha value is -4.30. The number of amides is 1. The molecule has 3 aromatic heterocycles. The number of rotatable bonds is 5. The van der Waals surface area contributed by atoms with Crippen LogP contribution in [0.1, 0.15) is 45.5 Å². The smallest absolute Gasteiger partial charge is 0.410 e. The lowest BCUT2D eigenvalue weighted by Gasteiger charge is -2.29. The summed E-state index contributed by atoms with van der Waals surface area (Å²) < 4.78 is 20.8. The van der Waals surface area contributed by atoms with E-state index in [1.54, 1.807) is 17.0 Å². The van der Waals surface area contributed by atoms with Gasteiger partial charge < -0.3 is 14.5 Å². The first-order valence-corrected chi connectivity index (χ1v) is 13.8. The van der Waals surface area contributed by atoms with Gasteiger partial charge in [-0.05, 0) is 69.0 Å². The van der Waals surface area contributed by atoms with Gasteiger partial charge >= 0.3 is 6.09 Å². The molecular weight excluding hydrogens is 529 g/mol. The van der Waals surface area contributed by atoms with Crippen molar-refractivity contribution in [3.05, 3.63) is 71.1 Å². The molecule has 0 fully saturated rings. The Balaban J connectivity index is 1.47. The molecule has 0 saturated heterocycles. The Kier molecular flexibility index (Phi) is 7.29. The number of fused-ring (bicyclic) bond motifs is 1. The number of hydrogen-bond donors (Lipinski definition) is 0. The minimum absolute atomic E-state index is 0.320. The number of ether oxygens (including phenoxy) is 1. The SMILES string of the molecule is [C-]#[N+]c1sc(N(C)c2c(CC)nc3ccc(C4=CCN(C(=O)OC(C)(C)C)CC4)nn23)nc1-c1ccc(F)cc1. The Bertz CT molecular complexity index is 1640. The fourth-order valence-electron chi connectivity index (χ4n) is 4.51. The maximum atomic E-state index is 13.5. The van der Waals surface area contributed by atoms with E-state index in [1.165, 1.54) is 23.5 Å². The fraction of sp³-hybridized carbons (Fsp3) is 0.345. The zero-order chi connectivity index (χ0) is 28.6. The molecule has 0 N–H and O–H groups in total. The van der Waals surface area contributed by atoms with E-state index in [0.717, 1.165) is 22.8 Å². The topological polar surface area (TPSA) is 80.2 Å². The van der Waals surface area contributed by atoms with Crippen LogP contribution in [0.15, 0.2) is 42.5 Å². The van der Waals surface area contributed by atoms with Crippen LogP contribution in [0.4, 0.5) is 25.1 Å². The molecule has 0 spiro atoms. The normalized spacial score (nSPS) is 13.7. The number of carbonyl (C=O) groups excluding carboxylic acids is 1. The Labute approximate surface area is 236 Å². The third kappa shape index (κ3) is 5.40. The molecule has 0 atom stereocenters. The predicted molar refractivity (Wildman–Crippen MR) is 155 cm³/mol. The van der Waals surface area contributed by atoms with Crippen molar-refractivity contribution >= 4 is 44.6 Å². The van der Waals surface area contributed by atoms with E-state index in [1.807, 2.05) is 62.4 Å². The molecule has 4 aromatic rings. The number of nitrogens with zero attached hydrogens (tertiary/aromatic N) is 7. The Morgan fingerprint density at radius 1 is 1.20 bits per heavy atom. The van der Waals surface area contributed by atoms with Crippen molar-refractivity contribution in [2.24, 2.45) is 0 Å². The molecule has 1 amide bonds. The molecular formula is C29H30FN7O2S. The van der Waals surface area contributed by atoms with Gasteiger partial charge in [0.2, 0.25) is 0 Å². The van der Waals surface area contributed by atoms with Crippen LogP contribution in [-0.2, 0) is 11.2 Å². The number of benzene rings is 1. The number of anilines is 2. The monoisotopic (exact) mass is 559 g/mol. The zero-order valence-electron chi connectivity index (χ0n) is 23.1. The van der Waals surface area contributed by atoms with Gasteiger partial charge in [0.25, 0.3) is 5.00 Å². The lowest BCUT2D eigenvalue weighted by atomic mass is 10.0. The van der Waals surface area contributed by atoms with Crippen molar-refractivity contribution in [2.45, 2.75) is 46.1 Å². The second-order valence-corrected chi connectivity index (χ2v) is 11.4. The maximum Gasteiger partial charge on any atom is 0.410 e. The third-order valence-electron chi connectivity index (χ3n) is 6.47. The summed E-state index contributed by atoms with van der Waals surface area (Å²) in [6.45, 7) is 16.3. The Morgan fingerprint density at radius 2 is 1.95 bits per heavy atom. The summed E-state index contributed by atoms with van der Waals surface area (Å²) >= 11 is 1.27. The average Bonchev–Trinajstić information content (AvgIpc) is 3.53. The zero-order valence-corrected chi connectivity index (χ0v) is 23.9. The number of hydrogen-bond acceptors (Lipinski definition) is 7. The highest BCUT2D eigenvalue weighted by atomic mass is 32.1. The molecule has 5 rings (SSSR count). The fourth-order valence-corrected chi connectivity index (χ4v) is 5.35. The van der Waals surface area contributed by atoms with Crippen LogP contribution >= 0.6 is 11.3 Å². The van der Waals surface area contributed by atoms with Crippen molar-refractivity contribution < 1.29 is 13.9 Å². The van der Waals surface area contributed by atoms with Crippen LogP contribution in [0, 0.1) is 12.4 Å². The van der Waals surface area contributed by atoms with E-state index in [-0.39, 0.29) is 11.9 Å². The van der Waals surface area contributed by atoms with Gasteiger partial charge in [0, 0.05) is 20.1 Å². The van der Waals surface area contributed by atoms with Gasteiger partial charge in [0.05, 0.1) is 23.7 Å². The van der Waals surface area contributed by atoms with Gasteiger partial charge in [-0.1, -0.05) is 25.1 Å². The van der Waals surface area contributed by atoms with E-state index in [4.69, 9.17) is 26.4 Å². The highest BCUT2D eigenvalue weighted by Crippen LogP contribution is 2.42. The number of thiazole rings is 1. The van der Waals surface area contributed by atoms with Crippen molar-refractivity contribution in [1.29, 1.82) is 0 Å². The molecule has 40 heavy (non-hydrogen) atoms. The predicted octanol–water partition coefficient (Wildman–Crippen LogP) is 6.90. The van der Waals surface area contributed by atoms with Crippen LogP contribution in [-0.4, -0.2) is 56.3 Å². The summed E-state index contributed by atoms with van der Waals surface area (Å²) in [5.74, 6) is 0.425. The van der Waals surface area contributed by atoms with Crippen LogP contribution in [0.2, 0.25) is 0 Å². The van der Waals surface area contributed by atoms with Crippen molar-refractivity contribution in [3.63, 3.8) is 0 Å². The number of carbonyl (C=O) groups is 1. The first-order chi connectivity index (χ1) is 19.1. The molecule has 1 aromatic carbocycles. The van der Waals surface area contributed by atoms with Gasteiger partial charge in [0.1, 0.15) is 11.4 Å². The van der Waals surface area contributed by atoms with Crippen LogP contribution in [0.3, 0.4) is 0 Å². The summed E-state index contributed by atoms with van der Waals surface area (Å²) in [7, 11) is 1.89. The first kappa shape index (κ1) is 27.3. The van der Waals surface area contributed by atoms with Crippen molar-refractivity contribution in [3.8, 4) is 11.3 Å². The molecule has 1 aliphatic heterocycles. The van der Waals surface area contributed by atoms with Gasteiger partial charge in [-0.15, -0.1) is 11.3 Å². The molecule has 0 bridgehead atoms. The minimum Gasteiger partial charge on any atom is -0.444 e. The molecule has 9 nitrogen and oxygen atoms in total. The summed E-state index contributed by atoms with van der Waals surface area (Å²) in [5, 5.41) is 5.98. The molecule has 0 radical (unpaired) electrons. The molecule has 0 aliphatic carbocycles. The molecule has 0 saturated carbocycles. The largest absolute Gasteiger partial charge is 0.444 e. The second-order valence-electron chi connectivity index (χ2n) is 10.5. The quantitative estimate of drug-likeness (QED) is 0.248. The Morgan fingerprint density at radius 3 is 2.58 bits per heavy atom. The van der Waals surface area contributed by atoms with E-state index in [0.29, 0.717) is 53.0 Å². The van der Waals surface area contributed by atoms with Crippen LogP contribution in [0.5, 0.6) is 0 Å². The molecule has 206 valence electrons. The minimum atomic E-state index is -0.540. The van der Waals surface area contributed by atoms with Gasteiger partial charge in [0.15, 0.2) is 16.6 Å². The second kappa shape index (κ2) is 10.7.